The number of benzene rings is 2. The first-order valence-electron chi connectivity index (χ1n) is 8.62. The molecule has 0 radical (unpaired) electrons. The molecule has 0 spiro atoms. The van der Waals surface area contributed by atoms with Crippen LogP contribution < -0.4 is 19.8 Å². The molecule has 148 valence electrons. The number of nitrogens with one attached hydrogen (secondary N) is 1. The lowest BCUT2D eigenvalue weighted by molar-refractivity contribution is 0.294. The predicted molar refractivity (Wildman–Crippen MR) is 111 cm³/mol. The van der Waals surface area contributed by atoms with E-state index in [1.54, 1.807) is 38.7 Å². The Morgan fingerprint density at radius 1 is 1.14 bits per heavy atom. The Kier molecular flexibility index (Phi) is 6.42. The quantitative estimate of drug-likeness (QED) is 0.470. The minimum Gasteiger partial charge on any atom is -0.497 e. The van der Waals surface area contributed by atoms with Crippen molar-refractivity contribution in [2.45, 2.75) is 11.8 Å². The molecular formula is C21H19N3O4S. The van der Waals surface area contributed by atoms with Gasteiger partial charge in [-0.05, 0) is 36.6 Å². The number of aromatic amines is 1. The zero-order valence-electron chi connectivity index (χ0n) is 16.2. The molecule has 0 atom stereocenters. The van der Waals surface area contributed by atoms with Gasteiger partial charge in [0.15, 0.2) is 5.16 Å². The predicted octanol–water partition coefficient (Wildman–Crippen LogP) is 3.63. The maximum atomic E-state index is 12.2. The number of nitrogens with zero attached hydrogens (tertiary/aromatic N) is 2. The number of nitriles is 1. The van der Waals surface area contributed by atoms with Crippen LogP contribution in [0.3, 0.4) is 0 Å². The first kappa shape index (κ1) is 20.3. The first-order valence-corrected chi connectivity index (χ1v) is 9.84. The molecule has 29 heavy (non-hydrogen) atoms. The largest absolute Gasteiger partial charge is 0.497 e. The smallest absolute Gasteiger partial charge is 0.270 e. The molecule has 0 unspecified atom stereocenters. The van der Waals surface area contributed by atoms with Gasteiger partial charge in [0.25, 0.3) is 5.56 Å². The van der Waals surface area contributed by atoms with Crippen molar-refractivity contribution in [3.8, 4) is 34.6 Å². The van der Waals surface area contributed by atoms with Crippen LogP contribution in [-0.2, 0) is 6.61 Å². The molecule has 0 aliphatic rings. The van der Waals surface area contributed by atoms with Gasteiger partial charge in [-0.3, -0.25) is 4.79 Å². The number of methoxy groups -OCH3 is 2. The third-order valence-corrected chi connectivity index (χ3v) is 4.77. The van der Waals surface area contributed by atoms with Crippen molar-refractivity contribution in [2.75, 3.05) is 20.5 Å². The van der Waals surface area contributed by atoms with Crippen LogP contribution in [0.25, 0.3) is 11.3 Å². The van der Waals surface area contributed by atoms with Crippen molar-refractivity contribution >= 4 is 11.8 Å². The second-order valence-electron chi connectivity index (χ2n) is 5.90. The highest BCUT2D eigenvalue weighted by atomic mass is 32.2. The summed E-state index contributed by atoms with van der Waals surface area (Å²) in [6, 6.07) is 14.6. The van der Waals surface area contributed by atoms with Gasteiger partial charge < -0.3 is 19.2 Å². The molecule has 3 rings (SSSR count). The zero-order valence-corrected chi connectivity index (χ0v) is 17.0. The van der Waals surface area contributed by atoms with Gasteiger partial charge in [-0.25, -0.2) is 4.98 Å². The van der Waals surface area contributed by atoms with Gasteiger partial charge >= 0.3 is 0 Å². The number of thioether (sulfide) groups is 1. The summed E-state index contributed by atoms with van der Waals surface area (Å²) >= 11 is 1.30. The SMILES string of the molecule is COc1cccc(OCc2cc(-c3nc(SC)[nH]c(=O)c3C#N)ccc2OC)c1. The van der Waals surface area contributed by atoms with Crippen LogP contribution in [0.1, 0.15) is 11.1 Å². The Morgan fingerprint density at radius 3 is 2.62 bits per heavy atom. The molecule has 0 saturated carbocycles. The molecule has 3 aromatic rings. The van der Waals surface area contributed by atoms with Crippen LogP contribution in [-0.4, -0.2) is 30.4 Å². The Balaban J connectivity index is 1.98. The van der Waals surface area contributed by atoms with Crippen molar-refractivity contribution in [3.63, 3.8) is 0 Å². The van der Waals surface area contributed by atoms with Crippen LogP contribution >= 0.6 is 11.8 Å². The van der Waals surface area contributed by atoms with E-state index in [1.165, 1.54) is 11.8 Å². The summed E-state index contributed by atoms with van der Waals surface area (Å²) in [5, 5.41) is 9.86. The average Bonchev–Trinajstić information content (AvgIpc) is 2.76. The Morgan fingerprint density at radius 2 is 1.93 bits per heavy atom. The van der Waals surface area contributed by atoms with Gasteiger partial charge in [0, 0.05) is 17.2 Å². The number of ether oxygens (including phenoxy) is 3. The topological polar surface area (TPSA) is 97.2 Å². The summed E-state index contributed by atoms with van der Waals surface area (Å²) in [5.41, 5.74) is 1.21. The Hall–Kier alpha value is -3.44. The Labute approximate surface area is 172 Å². The fourth-order valence-corrected chi connectivity index (χ4v) is 3.13. The lowest BCUT2D eigenvalue weighted by Crippen LogP contribution is -2.14. The summed E-state index contributed by atoms with van der Waals surface area (Å²) in [4.78, 5) is 19.2. The van der Waals surface area contributed by atoms with Gasteiger partial charge in [-0.2, -0.15) is 5.26 Å². The van der Waals surface area contributed by atoms with Crippen LogP contribution in [0.5, 0.6) is 17.2 Å². The van der Waals surface area contributed by atoms with Crippen molar-refractivity contribution in [1.29, 1.82) is 5.26 Å². The minimum absolute atomic E-state index is 0.0346. The molecule has 0 aliphatic heterocycles. The highest BCUT2D eigenvalue weighted by molar-refractivity contribution is 7.98. The van der Waals surface area contributed by atoms with Crippen LogP contribution in [0, 0.1) is 11.3 Å². The van der Waals surface area contributed by atoms with E-state index in [1.807, 2.05) is 30.3 Å². The van der Waals surface area contributed by atoms with E-state index in [-0.39, 0.29) is 12.2 Å². The lowest BCUT2D eigenvalue weighted by Gasteiger charge is -2.13. The maximum Gasteiger partial charge on any atom is 0.270 e. The summed E-state index contributed by atoms with van der Waals surface area (Å²) in [7, 11) is 3.16. The second-order valence-corrected chi connectivity index (χ2v) is 6.70. The second kappa shape index (κ2) is 9.17. The van der Waals surface area contributed by atoms with Crippen molar-refractivity contribution in [3.05, 3.63) is 63.9 Å². The average molecular weight is 409 g/mol. The summed E-state index contributed by atoms with van der Waals surface area (Å²) < 4.78 is 16.5. The molecule has 1 N–H and O–H groups in total. The fourth-order valence-electron chi connectivity index (χ4n) is 2.75. The fraction of sp³-hybridized carbons (Fsp3) is 0.190. The molecule has 7 nitrogen and oxygen atoms in total. The van der Waals surface area contributed by atoms with Gasteiger partial charge in [0.2, 0.25) is 0 Å². The lowest BCUT2D eigenvalue weighted by atomic mass is 10.0. The molecule has 0 amide bonds. The standard InChI is InChI=1S/C21H19N3O4S/c1-26-15-5-4-6-16(10-15)28-12-14-9-13(7-8-18(14)27-2)19-17(11-22)20(25)24-21(23-19)29-3/h4-10H,12H2,1-3H3,(H,23,24,25). The van der Waals surface area contributed by atoms with E-state index in [0.29, 0.717) is 33.7 Å². The monoisotopic (exact) mass is 409 g/mol. The van der Waals surface area contributed by atoms with E-state index in [9.17, 15) is 10.1 Å². The van der Waals surface area contributed by atoms with E-state index in [4.69, 9.17) is 14.2 Å². The van der Waals surface area contributed by atoms with Gasteiger partial charge in [0.1, 0.15) is 35.5 Å². The number of hydrogen-bond donors (Lipinski definition) is 1. The van der Waals surface area contributed by atoms with Crippen molar-refractivity contribution < 1.29 is 14.2 Å². The van der Waals surface area contributed by atoms with Crippen LogP contribution in [0.4, 0.5) is 0 Å². The molecule has 0 bridgehead atoms. The molecule has 0 aliphatic carbocycles. The summed E-state index contributed by atoms with van der Waals surface area (Å²) in [6.07, 6.45) is 1.80. The summed E-state index contributed by atoms with van der Waals surface area (Å²) in [5.74, 6) is 1.97. The van der Waals surface area contributed by atoms with E-state index in [2.05, 4.69) is 9.97 Å². The normalized spacial score (nSPS) is 10.3. The first-order chi connectivity index (χ1) is 14.1. The molecule has 8 heteroatoms. The van der Waals surface area contributed by atoms with Crippen molar-refractivity contribution in [2.24, 2.45) is 0 Å². The molecule has 1 heterocycles. The van der Waals surface area contributed by atoms with E-state index < -0.39 is 5.56 Å². The summed E-state index contributed by atoms with van der Waals surface area (Å²) in [6.45, 7) is 0.227. The molecule has 2 aromatic carbocycles. The highest BCUT2D eigenvalue weighted by Crippen LogP contribution is 2.29. The Bertz CT molecular complexity index is 1120. The number of hydrogen-bond acceptors (Lipinski definition) is 7. The van der Waals surface area contributed by atoms with Gasteiger partial charge in [0.05, 0.1) is 19.9 Å². The minimum atomic E-state index is -0.466. The van der Waals surface area contributed by atoms with Crippen LogP contribution in [0.2, 0.25) is 0 Å². The third-order valence-electron chi connectivity index (χ3n) is 4.19. The zero-order chi connectivity index (χ0) is 20.8. The number of aromatic nitrogens is 2. The third kappa shape index (κ3) is 4.52. The maximum absolute atomic E-state index is 12.2. The number of rotatable bonds is 7. The van der Waals surface area contributed by atoms with Gasteiger partial charge in [-0.1, -0.05) is 17.8 Å². The van der Waals surface area contributed by atoms with Crippen LogP contribution in [0.15, 0.2) is 52.4 Å². The molecule has 1 aromatic heterocycles. The molecule has 0 fully saturated rings. The molecular weight excluding hydrogens is 390 g/mol. The van der Waals surface area contributed by atoms with E-state index in [0.717, 1.165) is 5.56 Å². The van der Waals surface area contributed by atoms with Crippen molar-refractivity contribution in [1.82, 2.24) is 9.97 Å². The molecule has 0 saturated heterocycles. The van der Waals surface area contributed by atoms with Gasteiger partial charge in [-0.15, -0.1) is 0 Å². The number of H-pyrrole nitrogens is 1. The highest BCUT2D eigenvalue weighted by Gasteiger charge is 2.15. The van der Waals surface area contributed by atoms with E-state index >= 15 is 0 Å².